The van der Waals surface area contributed by atoms with Gasteiger partial charge < -0.3 is 4.74 Å². The van der Waals surface area contributed by atoms with E-state index in [0.717, 1.165) is 10.6 Å². The van der Waals surface area contributed by atoms with Gasteiger partial charge in [0, 0.05) is 0 Å². The van der Waals surface area contributed by atoms with Crippen molar-refractivity contribution in [2.45, 2.75) is 46.4 Å². The van der Waals surface area contributed by atoms with Crippen LogP contribution in [0.5, 0.6) is 0 Å². The van der Waals surface area contributed by atoms with Crippen molar-refractivity contribution in [3.8, 4) is 0 Å². The summed E-state index contributed by atoms with van der Waals surface area (Å²) in [6.45, 7) is 7.39. The molecule has 1 aromatic carbocycles. The van der Waals surface area contributed by atoms with Crippen LogP contribution < -0.4 is 5.48 Å². The Morgan fingerprint density at radius 1 is 1.17 bits per heavy atom. The topological polar surface area (TPSA) is 77.1 Å². The van der Waals surface area contributed by atoms with E-state index in [2.05, 4.69) is 5.48 Å². The molecule has 0 aliphatic rings. The standard InChI is InChI=1S/C16H24N2O5/c1-11(2)22-17-16(20)18(23-12(3)4)10-13-7-6-8-14(9-13)15(19)21-5/h6-9,11-12H,10H2,1-5H3,(H,17,20). The molecule has 0 aliphatic heterocycles. The minimum absolute atomic E-state index is 0.150. The van der Waals surface area contributed by atoms with Crippen LogP contribution in [0.4, 0.5) is 4.79 Å². The van der Waals surface area contributed by atoms with Crippen molar-refractivity contribution in [3.63, 3.8) is 0 Å². The van der Waals surface area contributed by atoms with Gasteiger partial charge in [-0.25, -0.2) is 15.1 Å². The molecule has 0 saturated heterocycles. The second-order valence-corrected chi connectivity index (χ2v) is 5.46. The van der Waals surface area contributed by atoms with Crippen LogP contribution in [0.3, 0.4) is 0 Å². The third-order valence-electron chi connectivity index (χ3n) is 2.62. The first kappa shape index (κ1) is 18.9. The summed E-state index contributed by atoms with van der Waals surface area (Å²) < 4.78 is 4.69. The van der Waals surface area contributed by atoms with E-state index in [9.17, 15) is 9.59 Å². The maximum Gasteiger partial charge on any atom is 0.365 e. The molecule has 1 N–H and O–H groups in total. The first-order valence-electron chi connectivity index (χ1n) is 7.40. The Balaban J connectivity index is 2.84. The molecule has 0 unspecified atom stereocenters. The number of amides is 2. The van der Waals surface area contributed by atoms with Gasteiger partial charge in [0.1, 0.15) is 0 Å². The van der Waals surface area contributed by atoms with Gasteiger partial charge in [-0.05, 0) is 45.4 Å². The summed E-state index contributed by atoms with van der Waals surface area (Å²) in [6.07, 6.45) is -0.342. The van der Waals surface area contributed by atoms with E-state index in [1.54, 1.807) is 38.1 Å². The lowest BCUT2D eigenvalue weighted by molar-refractivity contribution is -0.164. The lowest BCUT2D eigenvalue weighted by Crippen LogP contribution is -2.41. The van der Waals surface area contributed by atoms with Crippen molar-refractivity contribution in [1.29, 1.82) is 0 Å². The van der Waals surface area contributed by atoms with Crippen LogP contribution in [0.1, 0.15) is 43.6 Å². The molecule has 0 radical (unpaired) electrons. The molecule has 0 fully saturated rings. The van der Waals surface area contributed by atoms with Crippen LogP contribution in [0.25, 0.3) is 0 Å². The Kier molecular flexibility index (Phi) is 7.50. The second-order valence-electron chi connectivity index (χ2n) is 5.46. The van der Waals surface area contributed by atoms with Crippen molar-refractivity contribution in [1.82, 2.24) is 10.5 Å². The molecule has 128 valence electrons. The maximum absolute atomic E-state index is 12.1. The minimum atomic E-state index is -0.518. The fourth-order valence-corrected chi connectivity index (χ4v) is 1.71. The van der Waals surface area contributed by atoms with E-state index in [1.165, 1.54) is 7.11 Å². The van der Waals surface area contributed by atoms with E-state index < -0.39 is 12.0 Å². The molecule has 0 bridgehead atoms. The molecule has 0 spiro atoms. The SMILES string of the molecule is COC(=O)c1cccc(CN(OC(C)C)C(=O)NOC(C)C)c1. The molecule has 1 aromatic rings. The molecule has 7 heteroatoms. The van der Waals surface area contributed by atoms with Crippen LogP contribution >= 0.6 is 0 Å². The predicted molar refractivity (Wildman–Crippen MR) is 84.3 cm³/mol. The number of nitrogens with zero attached hydrogens (tertiary/aromatic N) is 1. The van der Waals surface area contributed by atoms with E-state index >= 15 is 0 Å². The van der Waals surface area contributed by atoms with Crippen molar-refractivity contribution >= 4 is 12.0 Å². The molecule has 23 heavy (non-hydrogen) atoms. The summed E-state index contributed by atoms with van der Waals surface area (Å²) in [5.41, 5.74) is 3.47. The summed E-state index contributed by atoms with van der Waals surface area (Å²) in [6, 6.07) is 6.29. The molecule has 7 nitrogen and oxygen atoms in total. The zero-order valence-electron chi connectivity index (χ0n) is 14.2. The molecule has 0 heterocycles. The van der Waals surface area contributed by atoms with E-state index in [0.29, 0.717) is 5.56 Å². The summed E-state index contributed by atoms with van der Waals surface area (Å²) in [4.78, 5) is 34.3. The molecule has 0 saturated carbocycles. The van der Waals surface area contributed by atoms with E-state index in [4.69, 9.17) is 14.4 Å². The van der Waals surface area contributed by atoms with Gasteiger partial charge in [0.25, 0.3) is 0 Å². The first-order chi connectivity index (χ1) is 10.8. The number of ether oxygens (including phenoxy) is 1. The van der Waals surface area contributed by atoms with Crippen molar-refractivity contribution in [2.24, 2.45) is 0 Å². The summed E-state index contributed by atoms with van der Waals surface area (Å²) in [7, 11) is 1.32. The van der Waals surface area contributed by atoms with Gasteiger partial charge in [-0.1, -0.05) is 12.1 Å². The average molecular weight is 324 g/mol. The number of benzene rings is 1. The Labute approximate surface area is 136 Å². The smallest absolute Gasteiger partial charge is 0.365 e. The van der Waals surface area contributed by atoms with Gasteiger partial charge in [-0.3, -0.25) is 9.68 Å². The number of esters is 1. The van der Waals surface area contributed by atoms with Crippen LogP contribution in [-0.4, -0.2) is 36.4 Å². The number of rotatable bonds is 7. The molecule has 2 amide bonds. The third kappa shape index (κ3) is 6.66. The van der Waals surface area contributed by atoms with Crippen LogP contribution in [0.15, 0.2) is 24.3 Å². The molecule has 1 rings (SSSR count). The van der Waals surface area contributed by atoms with Crippen LogP contribution in [0, 0.1) is 0 Å². The van der Waals surface area contributed by atoms with Gasteiger partial charge >= 0.3 is 12.0 Å². The van der Waals surface area contributed by atoms with Gasteiger partial charge in [0.05, 0.1) is 31.4 Å². The number of hydrogen-bond acceptors (Lipinski definition) is 5. The summed E-state index contributed by atoms with van der Waals surface area (Å²) in [5.74, 6) is -0.434. The van der Waals surface area contributed by atoms with Crippen LogP contribution in [-0.2, 0) is 21.0 Å². The fourth-order valence-electron chi connectivity index (χ4n) is 1.71. The maximum atomic E-state index is 12.1. The van der Waals surface area contributed by atoms with Crippen molar-refractivity contribution < 1.29 is 24.0 Å². The normalized spacial score (nSPS) is 10.7. The summed E-state index contributed by atoms with van der Waals surface area (Å²) >= 11 is 0. The highest BCUT2D eigenvalue weighted by atomic mass is 16.7. The average Bonchev–Trinajstić information content (AvgIpc) is 2.51. The fraction of sp³-hybridized carbons (Fsp3) is 0.500. The Morgan fingerprint density at radius 2 is 1.87 bits per heavy atom. The quantitative estimate of drug-likeness (QED) is 0.616. The molecule has 0 aromatic heterocycles. The highest BCUT2D eigenvalue weighted by molar-refractivity contribution is 5.89. The summed E-state index contributed by atoms with van der Waals surface area (Å²) in [5, 5.41) is 1.16. The number of carbonyl (C=O) groups excluding carboxylic acids is 2. The highest BCUT2D eigenvalue weighted by Gasteiger charge is 2.18. The van der Waals surface area contributed by atoms with E-state index in [1.807, 2.05) is 13.8 Å². The molecular weight excluding hydrogens is 300 g/mol. The number of hydroxylamine groups is 3. The van der Waals surface area contributed by atoms with E-state index in [-0.39, 0.29) is 18.8 Å². The zero-order valence-corrected chi connectivity index (χ0v) is 14.2. The van der Waals surface area contributed by atoms with Crippen LogP contribution in [0.2, 0.25) is 0 Å². The Morgan fingerprint density at radius 3 is 2.43 bits per heavy atom. The largest absolute Gasteiger partial charge is 0.465 e. The third-order valence-corrected chi connectivity index (χ3v) is 2.62. The monoisotopic (exact) mass is 324 g/mol. The number of hydrogen-bond donors (Lipinski definition) is 1. The van der Waals surface area contributed by atoms with Gasteiger partial charge in [-0.2, -0.15) is 5.06 Å². The second kappa shape index (κ2) is 9.12. The zero-order chi connectivity index (χ0) is 17.4. The predicted octanol–water partition coefficient (Wildman–Crippen LogP) is 2.66. The van der Waals surface area contributed by atoms with Gasteiger partial charge in [-0.15, -0.1) is 0 Å². The molecule has 0 atom stereocenters. The van der Waals surface area contributed by atoms with Gasteiger partial charge in [0.15, 0.2) is 0 Å². The highest BCUT2D eigenvalue weighted by Crippen LogP contribution is 2.11. The van der Waals surface area contributed by atoms with Crippen molar-refractivity contribution in [2.75, 3.05) is 7.11 Å². The molecular formula is C16H24N2O5. The van der Waals surface area contributed by atoms with Crippen molar-refractivity contribution in [3.05, 3.63) is 35.4 Å². The number of nitrogens with one attached hydrogen (secondary N) is 1. The lowest BCUT2D eigenvalue weighted by Gasteiger charge is -2.24. The molecule has 0 aliphatic carbocycles. The Bertz CT molecular complexity index is 531. The number of urea groups is 1. The minimum Gasteiger partial charge on any atom is -0.465 e. The number of carbonyl (C=O) groups is 2. The lowest BCUT2D eigenvalue weighted by atomic mass is 10.1. The first-order valence-corrected chi connectivity index (χ1v) is 7.40. The number of methoxy groups -OCH3 is 1. The van der Waals surface area contributed by atoms with Gasteiger partial charge in [0.2, 0.25) is 0 Å². The Hall–Kier alpha value is -2.12.